The molecule has 0 aliphatic heterocycles. The highest BCUT2D eigenvalue weighted by Crippen LogP contribution is 2.29. The molecule has 2 aromatic rings. The van der Waals surface area contributed by atoms with Gasteiger partial charge in [-0.15, -0.1) is 5.10 Å². The van der Waals surface area contributed by atoms with Crippen LogP contribution in [0, 0.1) is 18.6 Å². The fraction of sp³-hybridized carbons (Fsp3) is 0.111. The highest BCUT2D eigenvalue weighted by molar-refractivity contribution is 7.13. The van der Waals surface area contributed by atoms with Gasteiger partial charge in [0.2, 0.25) is 0 Å². The van der Waals surface area contributed by atoms with Gasteiger partial charge in [-0.2, -0.15) is 0 Å². The minimum atomic E-state index is -0.744. The molecular formula is C9H7F2N3OS. The van der Waals surface area contributed by atoms with Crippen molar-refractivity contribution in [3.05, 3.63) is 28.8 Å². The molecule has 7 heteroatoms. The number of hydrogen-bond acceptors (Lipinski definition) is 5. The minimum absolute atomic E-state index is 0.153. The summed E-state index contributed by atoms with van der Waals surface area (Å²) in [6.45, 7) is 1.73. The van der Waals surface area contributed by atoms with Gasteiger partial charge in [-0.25, -0.2) is 8.78 Å². The molecule has 0 aliphatic carbocycles. The summed E-state index contributed by atoms with van der Waals surface area (Å²) in [6, 6.07) is 1.74. The van der Waals surface area contributed by atoms with Crippen molar-refractivity contribution in [2.24, 2.45) is 0 Å². The van der Waals surface area contributed by atoms with Crippen LogP contribution >= 0.6 is 11.3 Å². The Morgan fingerprint density at radius 2 is 2.00 bits per heavy atom. The van der Waals surface area contributed by atoms with Crippen LogP contribution in [0.3, 0.4) is 0 Å². The Morgan fingerprint density at radius 1 is 1.25 bits per heavy atom. The number of benzene rings is 1. The number of rotatable bonds is 2. The average Bonchev–Trinajstić information content (AvgIpc) is 2.60. The van der Waals surface area contributed by atoms with E-state index >= 15 is 0 Å². The number of nitrogens with zero attached hydrogens (tertiary/aromatic N) is 2. The molecular weight excluding hydrogens is 236 g/mol. The SMILES string of the molecule is Cc1nnc(Oc2cc(F)c(N)cc2F)s1. The van der Waals surface area contributed by atoms with Gasteiger partial charge in [0, 0.05) is 12.1 Å². The van der Waals surface area contributed by atoms with Crippen molar-refractivity contribution in [2.45, 2.75) is 6.92 Å². The van der Waals surface area contributed by atoms with Crippen LogP contribution in [0.25, 0.3) is 0 Å². The Kier molecular flexibility index (Phi) is 2.69. The summed E-state index contributed by atoms with van der Waals surface area (Å²) in [5, 5.41) is 8.14. The van der Waals surface area contributed by atoms with Crippen molar-refractivity contribution < 1.29 is 13.5 Å². The molecule has 0 aliphatic rings. The standard InChI is InChI=1S/C9H7F2N3OS/c1-4-13-14-9(16-4)15-8-3-5(10)7(12)2-6(8)11/h2-3H,12H2,1H3. The molecule has 1 aromatic heterocycles. The third-order valence-electron chi connectivity index (χ3n) is 1.76. The molecule has 1 aromatic carbocycles. The van der Waals surface area contributed by atoms with Crippen molar-refractivity contribution in [3.63, 3.8) is 0 Å². The Balaban J connectivity index is 2.31. The van der Waals surface area contributed by atoms with E-state index in [-0.39, 0.29) is 16.6 Å². The first-order valence-electron chi connectivity index (χ1n) is 4.29. The fourth-order valence-electron chi connectivity index (χ4n) is 1.04. The van der Waals surface area contributed by atoms with Crippen LogP contribution in [0.15, 0.2) is 12.1 Å². The zero-order chi connectivity index (χ0) is 11.7. The second kappa shape index (κ2) is 4.01. The Labute approximate surface area is 93.7 Å². The number of nitrogens with two attached hydrogens (primary N) is 1. The molecule has 4 nitrogen and oxygen atoms in total. The van der Waals surface area contributed by atoms with Gasteiger partial charge < -0.3 is 10.5 Å². The van der Waals surface area contributed by atoms with E-state index in [0.29, 0.717) is 5.01 Å². The van der Waals surface area contributed by atoms with Crippen LogP contribution < -0.4 is 10.5 Å². The van der Waals surface area contributed by atoms with Gasteiger partial charge in [-0.1, -0.05) is 16.4 Å². The number of hydrogen-bond donors (Lipinski definition) is 1. The smallest absolute Gasteiger partial charge is 0.299 e. The zero-order valence-corrected chi connectivity index (χ0v) is 9.02. The van der Waals surface area contributed by atoms with Crippen LogP contribution in [0.2, 0.25) is 0 Å². The van der Waals surface area contributed by atoms with Gasteiger partial charge in [0.15, 0.2) is 11.6 Å². The average molecular weight is 243 g/mol. The van der Waals surface area contributed by atoms with Gasteiger partial charge in [0.05, 0.1) is 5.69 Å². The summed E-state index contributed by atoms with van der Waals surface area (Å²) < 4.78 is 31.4. The first kappa shape index (κ1) is 10.7. The van der Waals surface area contributed by atoms with Gasteiger partial charge >= 0.3 is 0 Å². The lowest BCUT2D eigenvalue weighted by Gasteiger charge is -2.04. The first-order chi connectivity index (χ1) is 7.56. The van der Waals surface area contributed by atoms with Crippen LogP contribution in [-0.2, 0) is 0 Å². The van der Waals surface area contributed by atoms with E-state index < -0.39 is 11.6 Å². The summed E-state index contributed by atoms with van der Waals surface area (Å²) >= 11 is 1.14. The molecule has 84 valence electrons. The van der Waals surface area contributed by atoms with Gasteiger partial charge in [-0.05, 0) is 6.92 Å². The third kappa shape index (κ3) is 2.08. The van der Waals surface area contributed by atoms with Crippen molar-refractivity contribution >= 4 is 17.0 Å². The highest BCUT2D eigenvalue weighted by atomic mass is 32.1. The monoisotopic (exact) mass is 243 g/mol. The van der Waals surface area contributed by atoms with Crippen LogP contribution in [0.1, 0.15) is 5.01 Å². The lowest BCUT2D eigenvalue weighted by Crippen LogP contribution is -1.95. The maximum Gasteiger partial charge on any atom is 0.299 e. The fourth-order valence-corrected chi connectivity index (χ4v) is 1.58. The molecule has 0 amide bonds. The molecule has 0 spiro atoms. The van der Waals surface area contributed by atoms with Crippen molar-refractivity contribution in [1.29, 1.82) is 0 Å². The van der Waals surface area contributed by atoms with E-state index in [1.54, 1.807) is 6.92 Å². The highest BCUT2D eigenvalue weighted by Gasteiger charge is 2.11. The summed E-state index contributed by atoms with van der Waals surface area (Å²) in [4.78, 5) is 0. The molecule has 0 saturated heterocycles. The quantitative estimate of drug-likeness (QED) is 0.823. The Bertz CT molecular complexity index is 529. The van der Waals surface area contributed by atoms with E-state index in [1.807, 2.05) is 0 Å². The molecule has 16 heavy (non-hydrogen) atoms. The lowest BCUT2D eigenvalue weighted by molar-refractivity contribution is 0.431. The third-order valence-corrected chi connectivity index (χ3v) is 2.47. The molecule has 0 saturated carbocycles. The van der Waals surface area contributed by atoms with E-state index in [4.69, 9.17) is 10.5 Å². The molecule has 0 atom stereocenters. The predicted molar refractivity (Wildman–Crippen MR) is 55.5 cm³/mol. The normalized spacial score (nSPS) is 10.4. The zero-order valence-electron chi connectivity index (χ0n) is 8.20. The summed E-state index contributed by atoms with van der Waals surface area (Å²) in [5.74, 6) is -1.74. The number of anilines is 1. The van der Waals surface area contributed by atoms with E-state index in [9.17, 15) is 8.78 Å². The Hall–Kier alpha value is -1.76. The Morgan fingerprint density at radius 3 is 2.62 bits per heavy atom. The van der Waals surface area contributed by atoms with Crippen molar-refractivity contribution in [3.8, 4) is 10.9 Å². The molecule has 0 unspecified atom stereocenters. The topological polar surface area (TPSA) is 61.0 Å². The maximum absolute atomic E-state index is 13.3. The number of ether oxygens (including phenoxy) is 1. The molecule has 0 radical (unpaired) electrons. The minimum Gasteiger partial charge on any atom is -0.427 e. The predicted octanol–water partition coefficient (Wildman–Crippen LogP) is 2.50. The molecule has 0 bridgehead atoms. The molecule has 2 rings (SSSR count). The van der Waals surface area contributed by atoms with Gasteiger partial charge in [0.1, 0.15) is 10.8 Å². The molecule has 2 N–H and O–H groups in total. The molecule has 0 fully saturated rings. The summed E-state index contributed by atoms with van der Waals surface area (Å²) in [7, 11) is 0. The van der Waals surface area contributed by atoms with Crippen LogP contribution in [-0.4, -0.2) is 10.2 Å². The van der Waals surface area contributed by atoms with Crippen LogP contribution in [0.5, 0.6) is 10.9 Å². The largest absolute Gasteiger partial charge is 0.427 e. The molecule has 1 heterocycles. The van der Waals surface area contributed by atoms with Crippen molar-refractivity contribution in [1.82, 2.24) is 10.2 Å². The second-order valence-corrected chi connectivity index (χ2v) is 4.14. The summed E-state index contributed by atoms with van der Waals surface area (Å²) in [5.41, 5.74) is 4.93. The van der Waals surface area contributed by atoms with E-state index in [1.165, 1.54) is 0 Å². The maximum atomic E-state index is 13.3. The van der Waals surface area contributed by atoms with Gasteiger partial charge in [0.25, 0.3) is 5.19 Å². The number of aryl methyl sites for hydroxylation is 1. The van der Waals surface area contributed by atoms with E-state index in [2.05, 4.69) is 10.2 Å². The van der Waals surface area contributed by atoms with Crippen molar-refractivity contribution in [2.75, 3.05) is 5.73 Å². The lowest BCUT2D eigenvalue weighted by atomic mass is 10.3. The first-order valence-corrected chi connectivity index (χ1v) is 5.10. The second-order valence-electron chi connectivity index (χ2n) is 2.99. The number of aromatic nitrogens is 2. The number of halogens is 2. The van der Waals surface area contributed by atoms with Gasteiger partial charge in [-0.3, -0.25) is 0 Å². The van der Waals surface area contributed by atoms with E-state index in [0.717, 1.165) is 23.5 Å². The van der Waals surface area contributed by atoms with Crippen LogP contribution in [0.4, 0.5) is 14.5 Å². The summed E-state index contributed by atoms with van der Waals surface area (Å²) in [6.07, 6.45) is 0. The number of nitrogen functional groups attached to an aromatic ring is 1.